The Bertz CT molecular complexity index is 4130. The Morgan fingerprint density at radius 2 is 1.16 bits per heavy atom. The maximum atomic E-state index is 7.24. The van der Waals surface area contributed by atoms with Crippen molar-refractivity contribution in [3.8, 4) is 33.8 Å². The number of hydrogen-bond acceptors (Lipinski definition) is 6. The lowest BCUT2D eigenvalue weighted by Gasteiger charge is -2.48. The van der Waals surface area contributed by atoms with Crippen molar-refractivity contribution in [2.75, 3.05) is 14.6 Å². The zero-order chi connectivity index (χ0) is 51.0. The molecule has 1 aromatic heterocycles. The highest BCUT2D eigenvalue weighted by Gasteiger charge is 2.49. The predicted octanol–water partition coefficient (Wildman–Crippen LogP) is 18.3. The number of ether oxygens (including phenoxy) is 1. The fraction of sp³-hybridized carbons (Fsp3) is 0.130. The van der Waals surface area contributed by atoms with Crippen molar-refractivity contribution in [2.24, 2.45) is 0 Å². The summed E-state index contributed by atoms with van der Waals surface area (Å²) in [5.74, 6) is 1.73. The van der Waals surface area contributed by atoms with Gasteiger partial charge in [-0.2, -0.15) is 0 Å². The van der Waals surface area contributed by atoms with Gasteiger partial charge in [0.15, 0.2) is 0 Å². The zero-order valence-corrected chi connectivity index (χ0v) is 44.1. The number of anilines is 8. The number of hydrogen-bond donors (Lipinski definition) is 0. The molecule has 0 atom stereocenters. The third-order valence-corrected chi connectivity index (χ3v) is 17.9. The molecule has 15 rings (SSSR count). The van der Waals surface area contributed by atoms with E-state index in [-0.39, 0.29) is 17.7 Å². The average Bonchev–Trinajstić information content (AvgIpc) is 3.83. The minimum Gasteiger partial charge on any atom is -0.455 e. The van der Waals surface area contributed by atoms with Crippen molar-refractivity contribution in [2.45, 2.75) is 68.1 Å². The fourth-order valence-corrected chi connectivity index (χ4v) is 14.0. The standard InChI is InChI=1S/C69H54BN3O2S/c1-43-37-52-53(69(4,5)36-35-68(52,2)3)40-57(43)72-58-42-62-64(76-63-32-20-19-31-61(63)74-62)41-54(58)70-66-51(38-47(39-59(66)72)71(45-23-11-7-12-24-45)46-25-13-8-14-26-46)65-56(34-33-50-49-28-16-18-30-60(49)75-67(50)65)73(70)55-29-17-15-27-48(55)44-21-9-6-10-22-44/h6-34,37-42H,35-36H2,1-5H3. The second-order valence-electron chi connectivity index (χ2n) is 22.3. The number of nitrogens with zero attached hydrogens (tertiary/aromatic N) is 3. The van der Waals surface area contributed by atoms with Crippen LogP contribution in [0.25, 0.3) is 44.2 Å². The Kier molecular flexibility index (Phi) is 9.96. The first-order valence-corrected chi connectivity index (χ1v) is 27.5. The predicted molar refractivity (Wildman–Crippen MR) is 318 cm³/mol. The summed E-state index contributed by atoms with van der Waals surface area (Å²) in [6, 6.07) is 77.9. The molecule has 0 unspecified atom stereocenters. The third-order valence-electron chi connectivity index (χ3n) is 16.8. The third kappa shape index (κ3) is 6.81. The quantitative estimate of drug-likeness (QED) is 0.154. The highest BCUT2D eigenvalue weighted by molar-refractivity contribution is 7.99. The summed E-state index contributed by atoms with van der Waals surface area (Å²) < 4.78 is 14.3. The van der Waals surface area contributed by atoms with Gasteiger partial charge in [-0.1, -0.05) is 161 Å². The molecule has 0 radical (unpaired) electrons. The number of para-hydroxylation sites is 5. The van der Waals surface area contributed by atoms with Crippen molar-refractivity contribution in [3.63, 3.8) is 0 Å². The van der Waals surface area contributed by atoms with Crippen molar-refractivity contribution in [1.29, 1.82) is 0 Å². The molecule has 0 saturated carbocycles. The molecule has 5 nitrogen and oxygen atoms in total. The molecule has 10 aromatic carbocycles. The molecule has 0 spiro atoms. The minimum atomic E-state index is -0.289. The number of furan rings is 1. The first-order valence-electron chi connectivity index (χ1n) is 26.6. The summed E-state index contributed by atoms with van der Waals surface area (Å²) in [5, 5.41) is 2.20. The van der Waals surface area contributed by atoms with E-state index in [0.29, 0.717) is 0 Å². The molecule has 3 aliphatic heterocycles. The van der Waals surface area contributed by atoms with Crippen LogP contribution in [0, 0.1) is 6.92 Å². The van der Waals surface area contributed by atoms with Gasteiger partial charge < -0.3 is 23.8 Å². The molecule has 7 heteroatoms. The number of fused-ring (bicyclic) bond motifs is 11. The van der Waals surface area contributed by atoms with Gasteiger partial charge in [-0.15, -0.1) is 0 Å². The minimum absolute atomic E-state index is 0.0315. The number of rotatable bonds is 6. The molecule has 76 heavy (non-hydrogen) atoms. The Morgan fingerprint density at radius 3 is 1.92 bits per heavy atom. The van der Waals surface area contributed by atoms with E-state index in [9.17, 15) is 0 Å². The summed E-state index contributed by atoms with van der Waals surface area (Å²) in [7, 11) is 0. The van der Waals surface area contributed by atoms with Gasteiger partial charge in [0.05, 0.1) is 9.79 Å². The van der Waals surface area contributed by atoms with E-state index in [1.54, 1.807) is 11.8 Å². The first kappa shape index (κ1) is 45.0. The van der Waals surface area contributed by atoms with Crippen LogP contribution >= 0.6 is 11.8 Å². The Morgan fingerprint density at radius 1 is 0.500 bits per heavy atom. The lowest BCUT2D eigenvalue weighted by molar-refractivity contribution is 0.332. The normalized spacial score (nSPS) is 15.2. The highest BCUT2D eigenvalue weighted by Crippen LogP contribution is 2.57. The molecule has 4 aliphatic rings. The molecule has 0 amide bonds. The summed E-state index contributed by atoms with van der Waals surface area (Å²) in [6.45, 7) is 11.8. The molecule has 0 saturated heterocycles. The second kappa shape index (κ2) is 16.8. The van der Waals surface area contributed by atoms with Crippen molar-refractivity contribution >= 4 is 97.0 Å². The van der Waals surface area contributed by atoms with Crippen molar-refractivity contribution in [1.82, 2.24) is 0 Å². The summed E-state index contributed by atoms with van der Waals surface area (Å²) in [4.78, 5) is 9.87. The lowest BCUT2D eigenvalue weighted by Crippen LogP contribution is -2.61. The van der Waals surface area contributed by atoms with E-state index >= 15 is 0 Å². The van der Waals surface area contributed by atoms with E-state index in [2.05, 4.69) is 262 Å². The van der Waals surface area contributed by atoms with Crippen LogP contribution in [0.4, 0.5) is 45.5 Å². The second-order valence-corrected chi connectivity index (χ2v) is 23.4. The maximum Gasteiger partial charge on any atom is 0.333 e. The zero-order valence-electron chi connectivity index (χ0n) is 43.3. The Hall–Kier alpha value is -8.39. The van der Waals surface area contributed by atoms with Crippen molar-refractivity contribution in [3.05, 3.63) is 229 Å². The lowest BCUT2D eigenvalue weighted by atomic mass is 9.43. The van der Waals surface area contributed by atoms with Crippen LogP contribution in [0.15, 0.2) is 227 Å². The van der Waals surface area contributed by atoms with Crippen molar-refractivity contribution < 1.29 is 9.15 Å². The van der Waals surface area contributed by atoms with E-state index in [1.807, 2.05) is 0 Å². The molecule has 0 bridgehead atoms. The monoisotopic (exact) mass is 999 g/mol. The van der Waals surface area contributed by atoms with Crippen LogP contribution in [0.3, 0.4) is 0 Å². The van der Waals surface area contributed by atoms with Gasteiger partial charge in [-0.25, -0.2) is 0 Å². The van der Waals surface area contributed by atoms with Gasteiger partial charge in [-0.05, 0) is 154 Å². The van der Waals surface area contributed by atoms with Gasteiger partial charge in [-0.3, -0.25) is 0 Å². The molecule has 11 aromatic rings. The SMILES string of the molecule is Cc1cc2c(cc1N1c3cc4c(cc3B3c5c(cc(N(c6ccccc6)c6ccccc6)cc51)-c1c(ccc5c1oc1ccccc15)N3c1ccccc1-c1ccccc1)Sc1ccccc1O4)C(C)(C)CCC2(C)C. The van der Waals surface area contributed by atoms with Crippen LogP contribution in [-0.2, 0) is 10.8 Å². The van der Waals surface area contributed by atoms with E-state index in [0.717, 1.165) is 118 Å². The molecular formula is C69H54BN3O2S. The van der Waals surface area contributed by atoms with Gasteiger partial charge in [0, 0.05) is 73.5 Å². The molecule has 4 heterocycles. The highest BCUT2D eigenvalue weighted by atomic mass is 32.2. The van der Waals surface area contributed by atoms with E-state index in [1.165, 1.54) is 33.3 Å². The van der Waals surface area contributed by atoms with Gasteiger partial charge in [0.1, 0.15) is 22.7 Å². The van der Waals surface area contributed by atoms with Crippen LogP contribution in [0.1, 0.15) is 57.2 Å². The van der Waals surface area contributed by atoms with Crippen LogP contribution in [0.5, 0.6) is 11.5 Å². The van der Waals surface area contributed by atoms with Gasteiger partial charge >= 0.3 is 6.85 Å². The first-order chi connectivity index (χ1) is 37.1. The molecule has 0 fully saturated rings. The van der Waals surface area contributed by atoms with Crippen LogP contribution in [0.2, 0.25) is 0 Å². The molecule has 366 valence electrons. The number of benzene rings is 10. The van der Waals surface area contributed by atoms with Crippen LogP contribution < -0.4 is 30.3 Å². The topological polar surface area (TPSA) is 32.1 Å². The summed E-state index contributed by atoms with van der Waals surface area (Å²) in [5.41, 5.74) is 21.6. The van der Waals surface area contributed by atoms with Crippen LogP contribution in [-0.4, -0.2) is 6.85 Å². The fourth-order valence-electron chi connectivity index (χ4n) is 13.0. The molecule has 0 N–H and O–H groups in total. The van der Waals surface area contributed by atoms with E-state index < -0.39 is 0 Å². The van der Waals surface area contributed by atoms with Gasteiger partial charge in [0.25, 0.3) is 0 Å². The smallest absolute Gasteiger partial charge is 0.333 e. The van der Waals surface area contributed by atoms with E-state index in [4.69, 9.17) is 9.15 Å². The molecule has 1 aliphatic carbocycles. The summed E-state index contributed by atoms with van der Waals surface area (Å²) >= 11 is 1.79. The van der Waals surface area contributed by atoms with Gasteiger partial charge in [0.2, 0.25) is 0 Å². The average molecular weight is 1000 g/mol. The summed E-state index contributed by atoms with van der Waals surface area (Å²) in [6.07, 6.45) is 2.25. The molecular weight excluding hydrogens is 946 g/mol. The Labute approximate surface area is 449 Å². The largest absolute Gasteiger partial charge is 0.455 e. The Balaban J connectivity index is 1.12. The number of aryl methyl sites for hydroxylation is 1. The maximum absolute atomic E-state index is 7.24.